The Hall–Kier alpha value is -2.88. The van der Waals surface area contributed by atoms with Gasteiger partial charge >= 0.3 is 5.63 Å². The average molecular weight is 361 g/mol. The molecule has 2 aromatic carbocycles. The van der Waals surface area contributed by atoms with Gasteiger partial charge in [-0.15, -0.1) is 0 Å². The van der Waals surface area contributed by atoms with E-state index in [1.54, 1.807) is 18.2 Å². The molecule has 1 aliphatic carbocycles. The summed E-state index contributed by atoms with van der Waals surface area (Å²) >= 11 is 0. The standard InChI is InChI=1S/C23H23NO3/c25-22(20-14-19-8-4-5-9-21(19)27-23(20)26)24-15-16-10-12-18(13-11-16)17-6-2-1-3-7-17/h1-9,14,16,18H,10-13,15H2,(H,24,25). The summed E-state index contributed by atoms with van der Waals surface area (Å²) in [5.74, 6) is 0.728. The first-order valence-corrected chi connectivity index (χ1v) is 9.57. The molecule has 0 unspecified atom stereocenters. The van der Waals surface area contributed by atoms with Crippen molar-refractivity contribution in [1.29, 1.82) is 0 Å². The number of hydrogen-bond acceptors (Lipinski definition) is 3. The van der Waals surface area contributed by atoms with Gasteiger partial charge in [0, 0.05) is 11.9 Å². The molecule has 1 saturated carbocycles. The maximum Gasteiger partial charge on any atom is 0.349 e. The smallest absolute Gasteiger partial charge is 0.349 e. The van der Waals surface area contributed by atoms with Crippen LogP contribution in [-0.4, -0.2) is 12.5 Å². The van der Waals surface area contributed by atoms with Crippen LogP contribution in [0.15, 0.2) is 69.9 Å². The molecular weight excluding hydrogens is 338 g/mol. The number of fused-ring (bicyclic) bond motifs is 1. The van der Waals surface area contributed by atoms with Crippen molar-refractivity contribution >= 4 is 16.9 Å². The predicted molar refractivity (Wildman–Crippen MR) is 106 cm³/mol. The SMILES string of the molecule is O=C(NCC1CCC(c2ccccc2)CC1)c1cc2ccccc2oc1=O. The second-order valence-corrected chi connectivity index (χ2v) is 7.32. The van der Waals surface area contributed by atoms with Crippen molar-refractivity contribution in [3.05, 3.63) is 82.2 Å². The van der Waals surface area contributed by atoms with Gasteiger partial charge in [0.05, 0.1) is 0 Å². The van der Waals surface area contributed by atoms with Crippen LogP contribution in [0.5, 0.6) is 0 Å². The first-order valence-electron chi connectivity index (χ1n) is 9.57. The monoisotopic (exact) mass is 361 g/mol. The minimum Gasteiger partial charge on any atom is -0.422 e. The van der Waals surface area contributed by atoms with E-state index in [1.165, 1.54) is 5.56 Å². The lowest BCUT2D eigenvalue weighted by molar-refractivity contribution is 0.0939. The molecule has 1 N–H and O–H groups in total. The Balaban J connectivity index is 1.35. The molecule has 3 aromatic rings. The first-order chi connectivity index (χ1) is 13.2. The third kappa shape index (κ3) is 3.95. The summed E-state index contributed by atoms with van der Waals surface area (Å²) in [4.78, 5) is 24.6. The van der Waals surface area contributed by atoms with Gasteiger partial charge in [-0.3, -0.25) is 4.79 Å². The van der Waals surface area contributed by atoms with Gasteiger partial charge in [-0.2, -0.15) is 0 Å². The fourth-order valence-electron chi connectivity index (χ4n) is 3.98. The van der Waals surface area contributed by atoms with Gasteiger partial charge in [0.2, 0.25) is 0 Å². The largest absolute Gasteiger partial charge is 0.422 e. The van der Waals surface area contributed by atoms with Crippen LogP contribution >= 0.6 is 0 Å². The van der Waals surface area contributed by atoms with E-state index in [2.05, 4.69) is 29.6 Å². The molecule has 1 aliphatic rings. The van der Waals surface area contributed by atoms with Crippen molar-refractivity contribution in [1.82, 2.24) is 5.32 Å². The highest BCUT2D eigenvalue weighted by Gasteiger charge is 2.23. The fraction of sp³-hybridized carbons (Fsp3) is 0.304. The maximum absolute atomic E-state index is 12.5. The zero-order valence-corrected chi connectivity index (χ0v) is 15.2. The highest BCUT2D eigenvalue weighted by molar-refractivity contribution is 5.96. The summed E-state index contributed by atoms with van der Waals surface area (Å²) in [5.41, 5.74) is 1.40. The van der Waals surface area contributed by atoms with Crippen LogP contribution in [0, 0.1) is 5.92 Å². The number of carbonyl (C=O) groups excluding carboxylic acids is 1. The highest BCUT2D eigenvalue weighted by atomic mass is 16.4. The molecule has 4 nitrogen and oxygen atoms in total. The molecule has 0 saturated heterocycles. The van der Waals surface area contributed by atoms with Gasteiger partial charge in [0.15, 0.2) is 0 Å². The number of rotatable bonds is 4. The van der Waals surface area contributed by atoms with E-state index in [4.69, 9.17) is 4.42 Å². The molecule has 0 radical (unpaired) electrons. The number of amides is 1. The summed E-state index contributed by atoms with van der Waals surface area (Å²) in [6, 6.07) is 19.5. The van der Waals surface area contributed by atoms with Gasteiger partial charge in [0.25, 0.3) is 5.91 Å². The van der Waals surface area contributed by atoms with E-state index >= 15 is 0 Å². The van der Waals surface area contributed by atoms with Crippen LogP contribution in [0.4, 0.5) is 0 Å². The topological polar surface area (TPSA) is 59.3 Å². The van der Waals surface area contributed by atoms with Crippen LogP contribution in [0.25, 0.3) is 11.0 Å². The summed E-state index contributed by atoms with van der Waals surface area (Å²) < 4.78 is 5.25. The minimum absolute atomic E-state index is 0.0756. The van der Waals surface area contributed by atoms with E-state index in [0.717, 1.165) is 31.1 Å². The molecule has 0 atom stereocenters. The number of nitrogens with one attached hydrogen (secondary N) is 1. The van der Waals surface area contributed by atoms with E-state index < -0.39 is 5.63 Å². The van der Waals surface area contributed by atoms with Gasteiger partial charge < -0.3 is 9.73 Å². The predicted octanol–water partition coefficient (Wildman–Crippen LogP) is 4.50. The molecule has 0 aliphatic heterocycles. The molecule has 1 fully saturated rings. The molecule has 138 valence electrons. The van der Waals surface area contributed by atoms with Crippen LogP contribution in [0.1, 0.15) is 47.5 Å². The quantitative estimate of drug-likeness (QED) is 0.696. The molecule has 4 rings (SSSR count). The van der Waals surface area contributed by atoms with Crippen LogP contribution in [0.3, 0.4) is 0 Å². The van der Waals surface area contributed by atoms with Crippen LogP contribution < -0.4 is 10.9 Å². The molecule has 1 amide bonds. The molecule has 4 heteroatoms. The Kier molecular flexibility index (Phi) is 5.05. The van der Waals surface area contributed by atoms with E-state index in [9.17, 15) is 9.59 Å². The van der Waals surface area contributed by atoms with Gasteiger partial charge in [0.1, 0.15) is 11.1 Å². The van der Waals surface area contributed by atoms with Crippen LogP contribution in [0.2, 0.25) is 0 Å². The lowest BCUT2D eigenvalue weighted by Crippen LogP contribution is -2.33. The number of carbonyl (C=O) groups is 1. The van der Waals surface area contributed by atoms with Crippen molar-refractivity contribution in [2.45, 2.75) is 31.6 Å². The lowest BCUT2D eigenvalue weighted by atomic mass is 9.79. The number of benzene rings is 2. The molecule has 1 aromatic heterocycles. The molecule has 0 bridgehead atoms. The third-order valence-corrected chi connectivity index (χ3v) is 5.56. The Morgan fingerprint density at radius 3 is 2.44 bits per heavy atom. The second kappa shape index (κ2) is 7.78. The highest BCUT2D eigenvalue weighted by Crippen LogP contribution is 2.35. The summed E-state index contributed by atoms with van der Waals surface area (Å²) in [6.45, 7) is 0.604. The average Bonchev–Trinajstić information content (AvgIpc) is 2.72. The molecular formula is C23H23NO3. The van der Waals surface area contributed by atoms with Gasteiger partial charge in [-0.1, -0.05) is 48.5 Å². The Labute approximate surface area is 158 Å². The molecule has 27 heavy (non-hydrogen) atoms. The Morgan fingerprint density at radius 1 is 0.963 bits per heavy atom. The van der Waals surface area contributed by atoms with Crippen LogP contribution in [-0.2, 0) is 0 Å². The molecule has 1 heterocycles. The van der Waals surface area contributed by atoms with Crippen molar-refractivity contribution in [3.63, 3.8) is 0 Å². The summed E-state index contributed by atoms with van der Waals surface area (Å²) in [5, 5.41) is 3.69. The van der Waals surface area contributed by atoms with Crippen molar-refractivity contribution < 1.29 is 9.21 Å². The zero-order chi connectivity index (χ0) is 18.6. The lowest BCUT2D eigenvalue weighted by Gasteiger charge is -2.28. The number of hydrogen-bond donors (Lipinski definition) is 1. The minimum atomic E-state index is -0.584. The summed E-state index contributed by atoms with van der Waals surface area (Å²) in [6.07, 6.45) is 4.46. The number of para-hydroxylation sites is 1. The van der Waals surface area contributed by atoms with Crippen molar-refractivity contribution in [3.8, 4) is 0 Å². The normalized spacial score (nSPS) is 19.7. The van der Waals surface area contributed by atoms with E-state index in [0.29, 0.717) is 24.0 Å². The zero-order valence-electron chi connectivity index (χ0n) is 15.2. The Bertz CT molecular complexity index is 985. The van der Waals surface area contributed by atoms with Crippen molar-refractivity contribution in [2.24, 2.45) is 5.92 Å². The van der Waals surface area contributed by atoms with Gasteiger partial charge in [-0.05, 0) is 55.2 Å². The third-order valence-electron chi connectivity index (χ3n) is 5.56. The fourth-order valence-corrected chi connectivity index (χ4v) is 3.98. The van der Waals surface area contributed by atoms with E-state index in [-0.39, 0.29) is 11.5 Å². The van der Waals surface area contributed by atoms with Gasteiger partial charge in [-0.25, -0.2) is 4.79 Å². The molecule has 0 spiro atoms. The second-order valence-electron chi connectivity index (χ2n) is 7.32. The summed E-state index contributed by atoms with van der Waals surface area (Å²) in [7, 11) is 0. The maximum atomic E-state index is 12.5. The Morgan fingerprint density at radius 2 is 1.67 bits per heavy atom. The van der Waals surface area contributed by atoms with Crippen molar-refractivity contribution in [2.75, 3.05) is 6.54 Å². The first kappa shape index (κ1) is 17.5. The van der Waals surface area contributed by atoms with E-state index in [1.807, 2.05) is 18.2 Å².